The summed E-state index contributed by atoms with van der Waals surface area (Å²) in [6, 6.07) is 7.96. The Morgan fingerprint density at radius 1 is 1.35 bits per heavy atom. The van der Waals surface area contributed by atoms with E-state index in [9.17, 15) is 4.79 Å². The van der Waals surface area contributed by atoms with Crippen LogP contribution in [-0.4, -0.2) is 21.4 Å². The molecule has 1 N–H and O–H groups in total. The first-order valence-electron chi connectivity index (χ1n) is 6.11. The lowest BCUT2D eigenvalue weighted by molar-refractivity contribution is -0.111. The van der Waals surface area contributed by atoms with Gasteiger partial charge in [-0.05, 0) is 18.6 Å². The molecule has 1 aromatic heterocycles. The number of hydrogen-bond acceptors (Lipinski definition) is 4. The molecule has 1 heterocycles. The zero-order valence-electron chi connectivity index (χ0n) is 11.0. The number of carbonyl (C=O) groups is 1. The summed E-state index contributed by atoms with van der Waals surface area (Å²) in [6.07, 6.45) is 4.08. The van der Waals surface area contributed by atoms with Gasteiger partial charge in [-0.25, -0.2) is 0 Å². The van der Waals surface area contributed by atoms with Crippen LogP contribution in [0.3, 0.4) is 0 Å². The van der Waals surface area contributed by atoms with Crippen LogP contribution in [0.25, 0.3) is 6.08 Å². The molecule has 0 spiro atoms. The minimum Gasteiger partial charge on any atom is -0.297 e. The van der Waals surface area contributed by atoms with Gasteiger partial charge in [0, 0.05) is 17.8 Å². The Bertz CT molecular complexity index is 607. The summed E-state index contributed by atoms with van der Waals surface area (Å²) in [6.45, 7) is 2.03. The number of anilines is 1. The highest BCUT2D eigenvalue weighted by molar-refractivity contribution is 9.09. The Balaban J connectivity index is 1.92. The molecule has 0 radical (unpaired) electrons. The van der Waals surface area contributed by atoms with Crippen molar-refractivity contribution >= 4 is 44.4 Å². The molecule has 0 saturated carbocycles. The molecule has 4 nitrogen and oxygen atoms in total. The van der Waals surface area contributed by atoms with E-state index in [1.54, 1.807) is 6.08 Å². The number of benzene rings is 1. The largest absolute Gasteiger partial charge is 0.297 e. The minimum absolute atomic E-state index is 0.202. The molecule has 0 aliphatic heterocycles. The molecule has 20 heavy (non-hydrogen) atoms. The number of amides is 1. The van der Waals surface area contributed by atoms with Crippen molar-refractivity contribution in [2.45, 2.75) is 13.3 Å². The molecular formula is C14H14BrN3OS. The first-order valence-corrected chi connectivity index (χ1v) is 8.05. The number of alkyl halides is 1. The zero-order valence-corrected chi connectivity index (χ0v) is 13.4. The fourth-order valence-corrected chi connectivity index (χ4v) is 2.86. The van der Waals surface area contributed by atoms with Crippen LogP contribution in [0.15, 0.2) is 30.3 Å². The van der Waals surface area contributed by atoms with E-state index in [0.717, 1.165) is 22.3 Å². The number of rotatable bonds is 5. The van der Waals surface area contributed by atoms with Crippen LogP contribution in [-0.2, 0) is 11.2 Å². The van der Waals surface area contributed by atoms with Gasteiger partial charge < -0.3 is 0 Å². The number of aryl methyl sites for hydroxylation is 2. The molecule has 2 rings (SSSR count). The monoisotopic (exact) mass is 351 g/mol. The quantitative estimate of drug-likeness (QED) is 0.663. The Morgan fingerprint density at radius 2 is 2.10 bits per heavy atom. The number of nitrogens with zero attached hydrogens (tertiary/aromatic N) is 2. The van der Waals surface area contributed by atoms with Crippen molar-refractivity contribution in [1.82, 2.24) is 10.2 Å². The first-order chi connectivity index (χ1) is 9.67. The van der Waals surface area contributed by atoms with Crippen molar-refractivity contribution < 1.29 is 4.79 Å². The van der Waals surface area contributed by atoms with Crippen molar-refractivity contribution in [3.05, 3.63) is 46.5 Å². The average molecular weight is 352 g/mol. The standard InChI is InChI=1S/C14H14BrN3OS/c1-10-2-4-11(5-3-10)6-7-12(19)16-14-18-17-13(20-14)8-9-15/h2-7H,8-9H2,1H3,(H,16,18,19)/b7-6+. The second-order valence-corrected chi connectivity index (χ2v) is 6.03. The minimum atomic E-state index is -0.202. The van der Waals surface area contributed by atoms with Gasteiger partial charge in [-0.2, -0.15) is 0 Å². The Morgan fingerprint density at radius 3 is 2.80 bits per heavy atom. The summed E-state index contributed by atoms with van der Waals surface area (Å²) < 4.78 is 0. The second kappa shape index (κ2) is 7.31. The summed E-state index contributed by atoms with van der Waals surface area (Å²) in [5.74, 6) is -0.202. The highest BCUT2D eigenvalue weighted by atomic mass is 79.9. The molecule has 0 bridgehead atoms. The molecule has 0 saturated heterocycles. The van der Waals surface area contributed by atoms with Crippen LogP contribution in [0, 0.1) is 6.92 Å². The number of aromatic nitrogens is 2. The topological polar surface area (TPSA) is 54.9 Å². The first kappa shape index (κ1) is 14.9. The molecule has 2 aromatic rings. The fourth-order valence-electron chi connectivity index (χ4n) is 1.48. The van der Waals surface area contributed by atoms with E-state index in [1.807, 2.05) is 31.2 Å². The third-order valence-corrected chi connectivity index (χ3v) is 3.80. The van der Waals surface area contributed by atoms with Gasteiger partial charge in [-0.15, -0.1) is 10.2 Å². The Kier molecular flexibility index (Phi) is 5.43. The number of carbonyl (C=O) groups excluding carboxylic acids is 1. The van der Waals surface area contributed by atoms with Crippen molar-refractivity contribution in [3.63, 3.8) is 0 Å². The smallest absolute Gasteiger partial charge is 0.250 e. The highest BCUT2D eigenvalue weighted by Crippen LogP contribution is 2.16. The van der Waals surface area contributed by atoms with Gasteiger partial charge in [0.1, 0.15) is 5.01 Å². The maximum atomic E-state index is 11.8. The lowest BCUT2D eigenvalue weighted by Crippen LogP contribution is -2.07. The van der Waals surface area contributed by atoms with Gasteiger partial charge in [-0.3, -0.25) is 10.1 Å². The van der Waals surface area contributed by atoms with E-state index in [-0.39, 0.29) is 5.91 Å². The maximum Gasteiger partial charge on any atom is 0.250 e. The number of hydrogen-bond donors (Lipinski definition) is 1. The molecular weight excluding hydrogens is 338 g/mol. The molecule has 1 amide bonds. The normalized spacial score (nSPS) is 10.9. The fraction of sp³-hybridized carbons (Fsp3) is 0.214. The van der Waals surface area contributed by atoms with Crippen LogP contribution in [0.2, 0.25) is 0 Å². The van der Waals surface area contributed by atoms with Gasteiger partial charge in [0.25, 0.3) is 0 Å². The van der Waals surface area contributed by atoms with E-state index < -0.39 is 0 Å². The van der Waals surface area contributed by atoms with E-state index in [0.29, 0.717) is 5.13 Å². The predicted octanol–water partition coefficient (Wildman–Crippen LogP) is 3.44. The predicted molar refractivity (Wildman–Crippen MR) is 86.2 cm³/mol. The third-order valence-electron chi connectivity index (χ3n) is 2.51. The number of nitrogens with one attached hydrogen (secondary N) is 1. The van der Waals surface area contributed by atoms with Gasteiger partial charge in [0.2, 0.25) is 11.0 Å². The van der Waals surface area contributed by atoms with Crippen molar-refractivity contribution in [3.8, 4) is 0 Å². The van der Waals surface area contributed by atoms with Gasteiger partial charge >= 0.3 is 0 Å². The maximum absolute atomic E-state index is 11.8. The van der Waals surface area contributed by atoms with Crippen LogP contribution >= 0.6 is 27.3 Å². The van der Waals surface area contributed by atoms with Gasteiger partial charge in [0.15, 0.2) is 0 Å². The molecule has 0 atom stereocenters. The van der Waals surface area contributed by atoms with Crippen molar-refractivity contribution in [1.29, 1.82) is 0 Å². The van der Waals surface area contributed by atoms with Crippen molar-refractivity contribution in [2.24, 2.45) is 0 Å². The van der Waals surface area contributed by atoms with Gasteiger partial charge in [-0.1, -0.05) is 57.1 Å². The van der Waals surface area contributed by atoms with E-state index in [2.05, 4.69) is 31.4 Å². The Labute approximate surface area is 130 Å². The second-order valence-electron chi connectivity index (χ2n) is 4.17. The molecule has 0 aliphatic rings. The summed E-state index contributed by atoms with van der Waals surface area (Å²) in [5, 5.41) is 12.9. The highest BCUT2D eigenvalue weighted by Gasteiger charge is 2.05. The third kappa shape index (κ3) is 4.54. The molecule has 0 aliphatic carbocycles. The molecule has 0 fully saturated rings. The van der Waals surface area contributed by atoms with Crippen LogP contribution in [0.5, 0.6) is 0 Å². The zero-order chi connectivity index (χ0) is 14.4. The Hall–Kier alpha value is -1.53. The summed E-state index contributed by atoms with van der Waals surface area (Å²) in [4.78, 5) is 11.8. The molecule has 104 valence electrons. The summed E-state index contributed by atoms with van der Waals surface area (Å²) in [5.41, 5.74) is 2.18. The summed E-state index contributed by atoms with van der Waals surface area (Å²) >= 11 is 4.73. The lowest BCUT2D eigenvalue weighted by Gasteiger charge is -1.96. The molecule has 6 heteroatoms. The average Bonchev–Trinajstić information content (AvgIpc) is 2.86. The van der Waals surface area contributed by atoms with Crippen LogP contribution in [0.4, 0.5) is 5.13 Å². The molecule has 1 aromatic carbocycles. The van der Waals surface area contributed by atoms with Gasteiger partial charge in [0.05, 0.1) is 0 Å². The summed E-state index contributed by atoms with van der Waals surface area (Å²) in [7, 11) is 0. The SMILES string of the molecule is Cc1ccc(/C=C/C(=O)Nc2nnc(CCBr)s2)cc1. The van der Waals surface area contributed by atoms with Crippen LogP contribution in [0.1, 0.15) is 16.1 Å². The van der Waals surface area contributed by atoms with E-state index in [1.165, 1.54) is 23.0 Å². The number of halogens is 1. The van der Waals surface area contributed by atoms with Crippen LogP contribution < -0.4 is 5.32 Å². The van der Waals surface area contributed by atoms with E-state index in [4.69, 9.17) is 0 Å². The van der Waals surface area contributed by atoms with E-state index >= 15 is 0 Å². The van der Waals surface area contributed by atoms with Crippen molar-refractivity contribution in [2.75, 3.05) is 10.6 Å². The molecule has 0 unspecified atom stereocenters. The lowest BCUT2D eigenvalue weighted by atomic mass is 10.1.